The average molecular weight is 445 g/mol. The number of aliphatic hydroxyl groups is 3. The number of nitrogens with zero attached hydrogens (tertiary/aromatic N) is 2. The Labute approximate surface area is 186 Å². The number of aliphatic hydroxyl groups excluding tert-OH is 2. The number of piperazine rings is 1. The van der Waals surface area contributed by atoms with Gasteiger partial charge in [0, 0.05) is 54.9 Å². The molecule has 1 aliphatic heterocycles. The van der Waals surface area contributed by atoms with Crippen LogP contribution < -0.4 is 4.90 Å². The highest BCUT2D eigenvalue weighted by Crippen LogP contribution is 2.32. The van der Waals surface area contributed by atoms with E-state index in [2.05, 4.69) is 21.9 Å². The molecule has 1 unspecified atom stereocenters. The number of hydrogen-bond donors (Lipinski definition) is 3. The number of thiophene rings is 1. The van der Waals surface area contributed by atoms with Gasteiger partial charge in [0.05, 0.1) is 6.10 Å². The van der Waals surface area contributed by atoms with Gasteiger partial charge in [-0.05, 0) is 53.6 Å². The highest BCUT2D eigenvalue weighted by Gasteiger charge is 2.21. The molecule has 166 valence electrons. The number of benzene rings is 2. The number of hydrogen-bond acceptors (Lipinski definition) is 6. The Bertz CT molecular complexity index is 1000. The second-order valence-electron chi connectivity index (χ2n) is 8.11. The Kier molecular flexibility index (Phi) is 7.20. The quantitative estimate of drug-likeness (QED) is 0.464. The van der Waals surface area contributed by atoms with E-state index in [-0.39, 0.29) is 5.82 Å². The monoisotopic (exact) mass is 444 g/mol. The molecule has 5 nitrogen and oxygen atoms in total. The van der Waals surface area contributed by atoms with E-state index < -0.39 is 12.4 Å². The van der Waals surface area contributed by atoms with Crippen molar-refractivity contribution in [3.63, 3.8) is 0 Å². The maximum atomic E-state index is 13.6. The summed E-state index contributed by atoms with van der Waals surface area (Å²) in [6, 6.07) is 12.9. The van der Waals surface area contributed by atoms with Gasteiger partial charge in [-0.15, -0.1) is 11.3 Å². The average Bonchev–Trinajstić information content (AvgIpc) is 3.20. The van der Waals surface area contributed by atoms with Gasteiger partial charge >= 0.3 is 0 Å². The minimum Gasteiger partial charge on any atom is -0.388 e. The van der Waals surface area contributed by atoms with Crippen molar-refractivity contribution in [3.8, 4) is 0 Å². The lowest BCUT2D eigenvalue weighted by atomic mass is 10.0. The molecule has 0 spiro atoms. The van der Waals surface area contributed by atoms with Crippen molar-refractivity contribution >= 4 is 27.1 Å². The van der Waals surface area contributed by atoms with Gasteiger partial charge < -0.3 is 20.2 Å². The van der Waals surface area contributed by atoms with E-state index >= 15 is 0 Å². The summed E-state index contributed by atoms with van der Waals surface area (Å²) in [7, 11) is 0. The maximum absolute atomic E-state index is 13.6. The van der Waals surface area contributed by atoms with Gasteiger partial charge in [-0.25, -0.2) is 4.39 Å². The summed E-state index contributed by atoms with van der Waals surface area (Å²) in [5, 5.41) is 31.8. The highest BCUT2D eigenvalue weighted by molar-refractivity contribution is 7.17. The number of rotatable bonds is 8. The number of halogens is 1. The van der Waals surface area contributed by atoms with Crippen LogP contribution in [0, 0.1) is 5.82 Å². The minimum absolute atomic E-state index is 0.274. The van der Waals surface area contributed by atoms with Crippen molar-refractivity contribution in [1.82, 2.24) is 4.90 Å². The van der Waals surface area contributed by atoms with Crippen LogP contribution >= 0.6 is 11.3 Å². The molecule has 0 amide bonds. The molecule has 1 saturated heterocycles. The lowest BCUT2D eigenvalue weighted by Gasteiger charge is -2.37. The summed E-state index contributed by atoms with van der Waals surface area (Å²) in [4.78, 5) is 4.70. The van der Waals surface area contributed by atoms with E-state index in [9.17, 15) is 19.7 Å². The van der Waals surface area contributed by atoms with Crippen LogP contribution in [-0.4, -0.2) is 59.2 Å². The van der Waals surface area contributed by atoms with Crippen LogP contribution in [0.25, 0.3) is 10.1 Å². The SMILES string of the molecule is OC(O)CCc1ccccc1N1CCN(CCC(O)c2csc3ccc(F)cc23)CC1. The van der Waals surface area contributed by atoms with Gasteiger partial charge in [0.2, 0.25) is 0 Å². The van der Waals surface area contributed by atoms with Gasteiger partial charge in [0.15, 0.2) is 6.29 Å². The molecule has 7 heteroatoms. The summed E-state index contributed by atoms with van der Waals surface area (Å²) in [6.07, 6.45) is -0.300. The first-order valence-corrected chi connectivity index (χ1v) is 11.7. The second-order valence-corrected chi connectivity index (χ2v) is 9.02. The predicted molar refractivity (Wildman–Crippen MR) is 123 cm³/mol. The molecule has 1 aromatic heterocycles. The fourth-order valence-corrected chi connectivity index (χ4v) is 5.26. The maximum Gasteiger partial charge on any atom is 0.151 e. The summed E-state index contributed by atoms with van der Waals surface area (Å²) < 4.78 is 14.6. The van der Waals surface area contributed by atoms with Crippen LogP contribution in [0.15, 0.2) is 47.8 Å². The van der Waals surface area contributed by atoms with Crippen LogP contribution in [0.4, 0.5) is 10.1 Å². The van der Waals surface area contributed by atoms with Gasteiger partial charge in [0.25, 0.3) is 0 Å². The highest BCUT2D eigenvalue weighted by atomic mass is 32.1. The molecule has 2 aromatic carbocycles. The molecule has 31 heavy (non-hydrogen) atoms. The van der Waals surface area contributed by atoms with E-state index in [0.717, 1.165) is 59.6 Å². The molecule has 1 aliphatic rings. The molecule has 2 heterocycles. The standard InChI is InChI=1S/C24H29FN2O3S/c25-18-6-7-23-19(15-18)20(16-31-23)22(28)9-10-26-11-13-27(14-12-26)21-4-2-1-3-17(21)5-8-24(29)30/h1-4,6-7,15-16,22,24,28-30H,5,8-14H2. The largest absolute Gasteiger partial charge is 0.388 e. The van der Waals surface area contributed by atoms with E-state index in [1.165, 1.54) is 23.5 Å². The number of fused-ring (bicyclic) bond motifs is 1. The Morgan fingerprint density at radius 3 is 2.52 bits per heavy atom. The first-order valence-electron chi connectivity index (χ1n) is 10.8. The molecule has 1 atom stereocenters. The first-order chi connectivity index (χ1) is 15.0. The molecule has 4 rings (SSSR count). The van der Waals surface area contributed by atoms with E-state index in [4.69, 9.17) is 0 Å². The normalized spacial score (nSPS) is 16.4. The van der Waals surface area contributed by atoms with E-state index in [1.807, 2.05) is 17.5 Å². The van der Waals surface area contributed by atoms with E-state index in [0.29, 0.717) is 19.3 Å². The van der Waals surface area contributed by atoms with Crippen LogP contribution in [0.2, 0.25) is 0 Å². The van der Waals surface area contributed by atoms with Crippen molar-refractivity contribution in [2.24, 2.45) is 0 Å². The topological polar surface area (TPSA) is 67.2 Å². The Morgan fingerprint density at radius 2 is 1.74 bits per heavy atom. The molecule has 0 saturated carbocycles. The first kappa shape index (κ1) is 22.2. The molecule has 3 aromatic rings. The van der Waals surface area contributed by atoms with Crippen molar-refractivity contribution in [3.05, 3.63) is 64.8 Å². The van der Waals surface area contributed by atoms with Crippen molar-refractivity contribution < 1.29 is 19.7 Å². The number of aryl methyl sites for hydroxylation is 1. The van der Waals surface area contributed by atoms with Crippen molar-refractivity contribution in [2.75, 3.05) is 37.6 Å². The second kappa shape index (κ2) is 10.1. The predicted octanol–water partition coefficient (Wildman–Crippen LogP) is 3.53. The Morgan fingerprint density at radius 1 is 0.968 bits per heavy atom. The summed E-state index contributed by atoms with van der Waals surface area (Å²) >= 11 is 1.54. The van der Waals surface area contributed by atoms with Gasteiger partial charge in [-0.1, -0.05) is 18.2 Å². The Hall–Kier alpha value is -2.03. The van der Waals surface area contributed by atoms with E-state index in [1.54, 1.807) is 6.07 Å². The summed E-state index contributed by atoms with van der Waals surface area (Å²) in [5.41, 5.74) is 3.11. The third-order valence-corrected chi connectivity index (χ3v) is 7.00. The van der Waals surface area contributed by atoms with Crippen molar-refractivity contribution in [2.45, 2.75) is 31.7 Å². The minimum atomic E-state index is -1.28. The van der Waals surface area contributed by atoms with Crippen LogP contribution in [0.3, 0.4) is 0 Å². The number of anilines is 1. The lowest BCUT2D eigenvalue weighted by Crippen LogP contribution is -2.47. The lowest BCUT2D eigenvalue weighted by molar-refractivity contribution is -0.0446. The van der Waals surface area contributed by atoms with Crippen LogP contribution in [-0.2, 0) is 6.42 Å². The van der Waals surface area contributed by atoms with Crippen molar-refractivity contribution in [1.29, 1.82) is 0 Å². The van der Waals surface area contributed by atoms with Crippen LogP contribution in [0.1, 0.15) is 30.1 Å². The fourth-order valence-electron chi connectivity index (χ4n) is 4.27. The molecule has 0 bridgehead atoms. The Balaban J connectivity index is 1.31. The third kappa shape index (κ3) is 5.42. The zero-order valence-electron chi connectivity index (χ0n) is 17.5. The molecule has 0 aliphatic carbocycles. The molecular weight excluding hydrogens is 415 g/mol. The van der Waals surface area contributed by atoms with Gasteiger partial charge in [-0.3, -0.25) is 4.90 Å². The summed E-state index contributed by atoms with van der Waals surface area (Å²) in [6.45, 7) is 4.38. The molecule has 1 fully saturated rings. The van der Waals surface area contributed by atoms with Gasteiger partial charge in [-0.2, -0.15) is 0 Å². The molecule has 0 radical (unpaired) electrons. The van der Waals surface area contributed by atoms with Gasteiger partial charge in [0.1, 0.15) is 5.82 Å². The zero-order valence-corrected chi connectivity index (χ0v) is 18.3. The zero-order chi connectivity index (χ0) is 21.8. The molecular formula is C24H29FN2O3S. The van der Waals surface area contributed by atoms with Crippen LogP contribution in [0.5, 0.6) is 0 Å². The third-order valence-electron chi connectivity index (χ3n) is 6.02. The fraction of sp³-hybridized carbons (Fsp3) is 0.417. The molecule has 3 N–H and O–H groups in total. The number of para-hydroxylation sites is 1. The summed E-state index contributed by atoms with van der Waals surface area (Å²) in [5.74, 6) is -0.274. The smallest absolute Gasteiger partial charge is 0.151 e.